The van der Waals surface area contributed by atoms with E-state index < -0.39 is 13.0 Å². The zero-order chi connectivity index (χ0) is 22.1. The summed E-state index contributed by atoms with van der Waals surface area (Å²) in [4.78, 5) is 15.5. The summed E-state index contributed by atoms with van der Waals surface area (Å²) in [5.74, 6) is 0.334. The van der Waals surface area contributed by atoms with E-state index in [-0.39, 0.29) is 18.5 Å². The molecule has 0 saturated heterocycles. The molecule has 162 valence electrons. The lowest BCUT2D eigenvalue weighted by Crippen LogP contribution is -2.35. The molecule has 1 saturated carbocycles. The number of rotatable bonds is 9. The molecule has 11 heteroatoms. The van der Waals surface area contributed by atoms with Gasteiger partial charge in [-0.2, -0.15) is 5.26 Å². The van der Waals surface area contributed by atoms with E-state index in [1.165, 1.54) is 6.20 Å². The third-order valence-corrected chi connectivity index (χ3v) is 8.41. The molecule has 1 aliphatic carbocycles. The zero-order valence-electron chi connectivity index (χ0n) is 17.2. The SMILES string of the molecule is C[Si](C)(C)CCOCn1c(Cl)c(Br)c2c(NC3CC(CC#N)C3)c([N+](=O)[O-])cnc21. The maximum Gasteiger partial charge on any atom is 0.311 e. The monoisotopic (exact) mass is 513 g/mol. The molecule has 0 aromatic carbocycles. The predicted molar refractivity (Wildman–Crippen MR) is 124 cm³/mol. The standard InChI is InChI=1S/C19H25BrClN5O3Si/c1-30(2,3)7-6-29-11-25-18(21)16(20)15-17(14(26(27)28)10-23-19(15)25)24-13-8-12(9-13)4-5-22/h10,12-13H,4,6-9,11H2,1-3H3,(H,23,24). The number of nitrogens with one attached hydrogen (secondary N) is 1. The molecule has 2 aromatic rings. The summed E-state index contributed by atoms with van der Waals surface area (Å²) in [5.41, 5.74) is 0.835. The van der Waals surface area contributed by atoms with E-state index in [1.807, 2.05) is 0 Å². The lowest BCUT2D eigenvalue weighted by atomic mass is 9.78. The second kappa shape index (κ2) is 9.22. The van der Waals surface area contributed by atoms with Gasteiger partial charge in [-0.25, -0.2) is 4.98 Å². The van der Waals surface area contributed by atoms with Crippen molar-refractivity contribution < 1.29 is 9.66 Å². The molecule has 1 aliphatic rings. The highest BCUT2D eigenvalue weighted by atomic mass is 79.9. The number of fused-ring (bicyclic) bond motifs is 1. The van der Waals surface area contributed by atoms with E-state index in [2.05, 4.69) is 51.9 Å². The van der Waals surface area contributed by atoms with Crippen LogP contribution >= 0.6 is 27.5 Å². The summed E-state index contributed by atoms with van der Waals surface area (Å²) in [6, 6.07) is 3.29. The minimum atomic E-state index is -1.21. The number of anilines is 1. The van der Waals surface area contributed by atoms with Gasteiger partial charge in [-0.05, 0) is 40.7 Å². The number of ether oxygens (including phenoxy) is 1. The van der Waals surface area contributed by atoms with Crippen molar-refractivity contribution in [2.75, 3.05) is 11.9 Å². The van der Waals surface area contributed by atoms with Gasteiger partial charge in [0, 0.05) is 27.1 Å². The largest absolute Gasteiger partial charge is 0.376 e. The molecular formula is C19H25BrClN5O3Si. The van der Waals surface area contributed by atoms with Crippen LogP contribution in [0.1, 0.15) is 19.3 Å². The Labute approximate surface area is 189 Å². The molecule has 0 atom stereocenters. The molecule has 0 aliphatic heterocycles. The molecule has 2 heterocycles. The normalized spacial score (nSPS) is 18.8. The smallest absolute Gasteiger partial charge is 0.311 e. The lowest BCUT2D eigenvalue weighted by Gasteiger charge is -2.35. The van der Waals surface area contributed by atoms with Crippen molar-refractivity contribution in [3.8, 4) is 6.07 Å². The van der Waals surface area contributed by atoms with Gasteiger partial charge in [0.2, 0.25) is 0 Å². The van der Waals surface area contributed by atoms with Crippen LogP contribution < -0.4 is 5.32 Å². The fourth-order valence-corrected chi connectivity index (χ4v) is 5.08. The molecule has 3 rings (SSSR count). The predicted octanol–water partition coefficient (Wildman–Crippen LogP) is 5.78. The molecule has 0 bridgehead atoms. The Balaban J connectivity index is 1.89. The first-order chi connectivity index (χ1) is 14.1. The number of pyridine rings is 1. The van der Waals surface area contributed by atoms with Crippen LogP contribution in [0.4, 0.5) is 11.4 Å². The van der Waals surface area contributed by atoms with Crippen molar-refractivity contribution in [2.24, 2.45) is 5.92 Å². The van der Waals surface area contributed by atoms with Crippen LogP contribution in [-0.2, 0) is 11.5 Å². The van der Waals surface area contributed by atoms with Crippen LogP contribution in [0.5, 0.6) is 0 Å². The van der Waals surface area contributed by atoms with Gasteiger partial charge in [-0.1, -0.05) is 31.2 Å². The van der Waals surface area contributed by atoms with Gasteiger partial charge in [0.05, 0.1) is 20.9 Å². The number of nitro groups is 1. The average Bonchev–Trinajstić information content (AvgIpc) is 2.87. The molecule has 0 amide bonds. The molecule has 2 aromatic heterocycles. The third-order valence-electron chi connectivity index (χ3n) is 5.31. The van der Waals surface area contributed by atoms with Crippen molar-refractivity contribution in [1.29, 1.82) is 5.26 Å². The minimum Gasteiger partial charge on any atom is -0.376 e. The van der Waals surface area contributed by atoms with Crippen LogP contribution in [0.15, 0.2) is 10.7 Å². The first-order valence-corrected chi connectivity index (χ1v) is 14.7. The molecule has 1 N–H and O–H groups in total. The topological polar surface area (TPSA) is 106 Å². The fourth-order valence-electron chi connectivity index (χ4n) is 3.51. The number of hydrogen-bond donors (Lipinski definition) is 1. The van der Waals surface area contributed by atoms with E-state index >= 15 is 0 Å². The van der Waals surface area contributed by atoms with Crippen molar-refractivity contribution in [3.63, 3.8) is 0 Å². The van der Waals surface area contributed by atoms with Gasteiger partial charge in [0.1, 0.15) is 29.4 Å². The Kier molecular flexibility index (Phi) is 7.07. The Morgan fingerprint density at radius 1 is 1.50 bits per heavy atom. The lowest BCUT2D eigenvalue weighted by molar-refractivity contribution is -0.384. The maximum atomic E-state index is 11.6. The number of halogens is 2. The molecule has 30 heavy (non-hydrogen) atoms. The number of aromatic nitrogens is 2. The number of hydrogen-bond acceptors (Lipinski definition) is 6. The summed E-state index contributed by atoms with van der Waals surface area (Å²) in [6.45, 7) is 7.70. The Bertz CT molecular complexity index is 995. The quantitative estimate of drug-likeness (QED) is 0.197. The maximum absolute atomic E-state index is 11.6. The van der Waals surface area contributed by atoms with E-state index in [4.69, 9.17) is 21.6 Å². The van der Waals surface area contributed by atoms with Crippen LogP contribution in [0.25, 0.3) is 11.0 Å². The highest BCUT2D eigenvalue weighted by Gasteiger charge is 2.33. The molecule has 8 nitrogen and oxygen atoms in total. The van der Waals surface area contributed by atoms with Crippen molar-refractivity contribution >= 4 is 58.0 Å². The Morgan fingerprint density at radius 3 is 2.80 bits per heavy atom. The minimum absolute atomic E-state index is 0.0784. The van der Waals surface area contributed by atoms with Crippen LogP contribution in [0.2, 0.25) is 30.8 Å². The van der Waals surface area contributed by atoms with Crippen molar-refractivity contribution in [3.05, 3.63) is 25.9 Å². The summed E-state index contributed by atoms with van der Waals surface area (Å²) in [5, 5.41) is 24.7. The first-order valence-electron chi connectivity index (χ1n) is 9.84. The highest BCUT2D eigenvalue weighted by Crippen LogP contribution is 2.44. The fraction of sp³-hybridized carbons (Fsp3) is 0.579. The van der Waals surface area contributed by atoms with E-state index in [0.29, 0.717) is 45.3 Å². The molecule has 0 radical (unpaired) electrons. The Morgan fingerprint density at radius 2 is 2.20 bits per heavy atom. The van der Waals surface area contributed by atoms with Crippen molar-refractivity contribution in [1.82, 2.24) is 9.55 Å². The summed E-state index contributed by atoms with van der Waals surface area (Å²) in [7, 11) is -1.21. The van der Waals surface area contributed by atoms with Crippen LogP contribution in [0.3, 0.4) is 0 Å². The Hall–Kier alpha value is -1.67. The highest BCUT2D eigenvalue weighted by molar-refractivity contribution is 9.10. The molecular weight excluding hydrogens is 490 g/mol. The van der Waals surface area contributed by atoms with Crippen LogP contribution in [0, 0.1) is 27.4 Å². The van der Waals surface area contributed by atoms with Gasteiger partial charge in [-0.15, -0.1) is 0 Å². The van der Waals surface area contributed by atoms with E-state index in [1.54, 1.807) is 4.57 Å². The van der Waals surface area contributed by atoms with E-state index in [0.717, 1.165) is 18.9 Å². The van der Waals surface area contributed by atoms with Gasteiger partial charge >= 0.3 is 5.69 Å². The summed E-state index contributed by atoms with van der Waals surface area (Å²) < 4.78 is 8.11. The van der Waals surface area contributed by atoms with Gasteiger partial charge < -0.3 is 10.1 Å². The zero-order valence-corrected chi connectivity index (χ0v) is 20.6. The second-order valence-electron chi connectivity index (χ2n) is 8.90. The summed E-state index contributed by atoms with van der Waals surface area (Å²) >= 11 is 10.0. The molecule has 0 unspecified atom stereocenters. The van der Waals surface area contributed by atoms with Gasteiger partial charge in [0.15, 0.2) is 0 Å². The van der Waals surface area contributed by atoms with Crippen LogP contribution in [-0.4, -0.2) is 35.2 Å². The van der Waals surface area contributed by atoms with Gasteiger partial charge in [-0.3, -0.25) is 14.7 Å². The number of nitriles is 1. The third kappa shape index (κ3) is 4.96. The molecule has 1 fully saturated rings. The van der Waals surface area contributed by atoms with Crippen molar-refractivity contribution in [2.45, 2.75) is 57.7 Å². The summed E-state index contributed by atoms with van der Waals surface area (Å²) in [6.07, 6.45) is 3.38. The molecule has 0 spiro atoms. The average molecular weight is 515 g/mol. The second-order valence-corrected chi connectivity index (χ2v) is 15.7. The number of nitrogens with zero attached hydrogens (tertiary/aromatic N) is 4. The first kappa shape index (κ1) is 23.0. The van der Waals surface area contributed by atoms with Gasteiger partial charge in [0.25, 0.3) is 0 Å². The van der Waals surface area contributed by atoms with E-state index in [9.17, 15) is 10.1 Å².